The molecule has 25 heavy (non-hydrogen) atoms. The molecule has 9 heteroatoms. The minimum absolute atomic E-state index is 0.320. The lowest BCUT2D eigenvalue weighted by Crippen LogP contribution is -2.57. The molecule has 1 aliphatic carbocycles. The smallest absolute Gasteiger partial charge is 0.335 e. The van der Waals surface area contributed by atoms with Crippen molar-refractivity contribution in [3.8, 4) is 11.5 Å². The van der Waals surface area contributed by atoms with E-state index < -0.39 is 48.7 Å². The second-order valence-corrected chi connectivity index (χ2v) is 5.86. The monoisotopic (exact) mass is 354 g/mol. The standard InChI is InChI=1S/C16H18O9/c17-9-3-1-8(5-10(9)18)2-4-13(21)25-14-11(19)6-16(24,15(22)23)7-12(14)20/h1-5,11-12,14,17-20,24H,6-7H2,(H,22,23)/b4-2-/t11-,12-,14?,16?/m1/s1. The van der Waals surface area contributed by atoms with Gasteiger partial charge in [-0.3, -0.25) is 0 Å². The van der Waals surface area contributed by atoms with Crippen molar-refractivity contribution in [2.75, 3.05) is 0 Å². The van der Waals surface area contributed by atoms with E-state index in [4.69, 9.17) is 9.84 Å². The first-order chi connectivity index (χ1) is 11.6. The lowest BCUT2D eigenvalue weighted by molar-refractivity contribution is -0.196. The van der Waals surface area contributed by atoms with Crippen molar-refractivity contribution in [1.29, 1.82) is 0 Å². The highest BCUT2D eigenvalue weighted by Crippen LogP contribution is 2.31. The summed E-state index contributed by atoms with van der Waals surface area (Å²) in [4.78, 5) is 22.8. The molecule has 0 amide bonds. The molecule has 0 aliphatic heterocycles. The average molecular weight is 354 g/mol. The number of carbonyl (C=O) groups excluding carboxylic acids is 1. The zero-order valence-corrected chi connectivity index (χ0v) is 12.9. The van der Waals surface area contributed by atoms with Crippen LogP contribution in [-0.2, 0) is 14.3 Å². The second-order valence-electron chi connectivity index (χ2n) is 5.86. The average Bonchev–Trinajstić information content (AvgIpc) is 2.52. The van der Waals surface area contributed by atoms with Gasteiger partial charge in [-0.05, 0) is 23.8 Å². The first kappa shape index (κ1) is 18.7. The molecule has 1 aromatic carbocycles. The van der Waals surface area contributed by atoms with Gasteiger partial charge in [0.2, 0.25) is 0 Å². The van der Waals surface area contributed by atoms with Gasteiger partial charge < -0.3 is 35.4 Å². The van der Waals surface area contributed by atoms with Crippen LogP contribution in [0, 0.1) is 0 Å². The number of hydrogen-bond donors (Lipinski definition) is 6. The number of rotatable bonds is 4. The van der Waals surface area contributed by atoms with Gasteiger partial charge in [0.15, 0.2) is 23.2 Å². The third-order valence-electron chi connectivity index (χ3n) is 3.91. The third kappa shape index (κ3) is 4.27. The SMILES string of the molecule is O=C(/C=C\c1ccc(O)c(O)c1)OC1[C@H](O)CC(O)(C(=O)O)C[C@H]1O. The number of phenols is 2. The Balaban J connectivity index is 2.01. The van der Waals surface area contributed by atoms with Gasteiger partial charge in [-0.1, -0.05) is 6.07 Å². The number of aliphatic hydroxyl groups is 3. The van der Waals surface area contributed by atoms with Gasteiger partial charge in [0, 0.05) is 18.9 Å². The number of hydrogen-bond acceptors (Lipinski definition) is 8. The Labute approximate surface area is 142 Å². The largest absolute Gasteiger partial charge is 0.504 e. The summed E-state index contributed by atoms with van der Waals surface area (Å²) < 4.78 is 4.92. The number of carboxylic acids is 1. The molecule has 9 nitrogen and oxygen atoms in total. The lowest BCUT2D eigenvalue weighted by Gasteiger charge is -2.39. The molecule has 6 N–H and O–H groups in total. The van der Waals surface area contributed by atoms with Crippen LogP contribution in [0.5, 0.6) is 11.5 Å². The number of carboxylic acid groups (broad SMARTS) is 1. The van der Waals surface area contributed by atoms with Crippen molar-refractivity contribution in [2.24, 2.45) is 0 Å². The minimum Gasteiger partial charge on any atom is -0.504 e. The Morgan fingerprint density at radius 1 is 1.12 bits per heavy atom. The van der Waals surface area contributed by atoms with Crippen LogP contribution in [0.4, 0.5) is 0 Å². The summed E-state index contributed by atoms with van der Waals surface area (Å²) >= 11 is 0. The molecule has 2 atom stereocenters. The summed E-state index contributed by atoms with van der Waals surface area (Å²) in [6.07, 6.45) is -3.43. The van der Waals surface area contributed by atoms with Crippen LogP contribution in [0.3, 0.4) is 0 Å². The van der Waals surface area contributed by atoms with Crippen molar-refractivity contribution >= 4 is 18.0 Å². The van der Waals surface area contributed by atoms with E-state index >= 15 is 0 Å². The number of benzene rings is 1. The van der Waals surface area contributed by atoms with Gasteiger partial charge in [0.1, 0.15) is 0 Å². The summed E-state index contributed by atoms with van der Waals surface area (Å²) in [6.45, 7) is 0. The number of phenolic OH excluding ortho intramolecular Hbond substituents is 2. The van der Waals surface area contributed by atoms with E-state index in [9.17, 15) is 35.1 Å². The molecule has 0 spiro atoms. The predicted molar refractivity (Wildman–Crippen MR) is 82.5 cm³/mol. The summed E-state index contributed by atoms with van der Waals surface area (Å²) in [6, 6.07) is 3.86. The number of esters is 1. The molecule has 1 fully saturated rings. The fraction of sp³-hybridized carbons (Fsp3) is 0.375. The zero-order valence-electron chi connectivity index (χ0n) is 12.9. The third-order valence-corrected chi connectivity index (χ3v) is 3.91. The molecule has 1 aliphatic rings. The fourth-order valence-electron chi connectivity index (χ4n) is 2.58. The maximum absolute atomic E-state index is 11.8. The van der Waals surface area contributed by atoms with Crippen molar-refractivity contribution in [3.63, 3.8) is 0 Å². The highest BCUT2D eigenvalue weighted by Gasteiger charge is 2.50. The van der Waals surface area contributed by atoms with Gasteiger partial charge in [-0.15, -0.1) is 0 Å². The van der Waals surface area contributed by atoms with Gasteiger partial charge in [0.25, 0.3) is 0 Å². The molecule has 0 bridgehead atoms. The maximum atomic E-state index is 11.8. The Morgan fingerprint density at radius 2 is 1.72 bits per heavy atom. The van der Waals surface area contributed by atoms with E-state index in [2.05, 4.69) is 0 Å². The van der Waals surface area contributed by atoms with E-state index in [1.807, 2.05) is 0 Å². The molecule has 2 rings (SSSR count). The van der Waals surface area contributed by atoms with Crippen LogP contribution in [0.2, 0.25) is 0 Å². The highest BCUT2D eigenvalue weighted by molar-refractivity contribution is 5.87. The molecule has 0 unspecified atom stereocenters. The van der Waals surface area contributed by atoms with Crippen LogP contribution in [-0.4, -0.2) is 66.5 Å². The maximum Gasteiger partial charge on any atom is 0.335 e. The van der Waals surface area contributed by atoms with E-state index in [1.54, 1.807) is 0 Å². The van der Waals surface area contributed by atoms with Crippen LogP contribution in [0.25, 0.3) is 6.08 Å². The topological polar surface area (TPSA) is 165 Å². The van der Waals surface area contributed by atoms with E-state index in [-0.39, 0.29) is 11.5 Å². The number of ether oxygens (including phenoxy) is 1. The predicted octanol–water partition coefficient (Wildman–Crippen LogP) is -0.646. The summed E-state index contributed by atoms with van der Waals surface area (Å²) in [5.74, 6) is -3.19. The van der Waals surface area contributed by atoms with E-state index in [1.165, 1.54) is 24.3 Å². The first-order valence-corrected chi connectivity index (χ1v) is 7.35. The molecule has 0 aromatic heterocycles. The number of aliphatic carboxylic acids is 1. The van der Waals surface area contributed by atoms with Gasteiger partial charge in [-0.25, -0.2) is 9.59 Å². The van der Waals surface area contributed by atoms with E-state index in [0.717, 1.165) is 6.08 Å². The minimum atomic E-state index is -2.29. The molecule has 1 saturated carbocycles. The Morgan fingerprint density at radius 3 is 2.24 bits per heavy atom. The van der Waals surface area contributed by atoms with Crippen molar-refractivity contribution in [2.45, 2.75) is 36.8 Å². The number of carbonyl (C=O) groups is 2. The van der Waals surface area contributed by atoms with Crippen LogP contribution in [0.1, 0.15) is 18.4 Å². The molecule has 0 heterocycles. The molecule has 136 valence electrons. The summed E-state index contributed by atoms with van der Waals surface area (Å²) in [7, 11) is 0. The van der Waals surface area contributed by atoms with Crippen molar-refractivity contribution in [1.82, 2.24) is 0 Å². The van der Waals surface area contributed by atoms with Crippen molar-refractivity contribution in [3.05, 3.63) is 29.8 Å². The lowest BCUT2D eigenvalue weighted by atomic mass is 9.79. The zero-order chi connectivity index (χ0) is 18.8. The quantitative estimate of drug-likeness (QED) is 0.234. The van der Waals surface area contributed by atoms with Crippen LogP contribution >= 0.6 is 0 Å². The molecular formula is C16H18O9. The Kier molecular flexibility index (Phi) is 5.31. The van der Waals surface area contributed by atoms with Crippen molar-refractivity contribution < 1.29 is 45.0 Å². The normalized spacial score (nSPS) is 29.5. The number of aliphatic hydroxyl groups excluding tert-OH is 2. The highest BCUT2D eigenvalue weighted by atomic mass is 16.6. The van der Waals surface area contributed by atoms with E-state index in [0.29, 0.717) is 5.56 Å². The van der Waals surface area contributed by atoms with Crippen LogP contribution in [0.15, 0.2) is 24.3 Å². The van der Waals surface area contributed by atoms with Crippen LogP contribution < -0.4 is 0 Å². The first-order valence-electron chi connectivity index (χ1n) is 7.35. The molecule has 0 radical (unpaired) electrons. The molecule has 0 saturated heterocycles. The summed E-state index contributed by atoms with van der Waals surface area (Å²) in [5, 5.41) is 57.1. The second kappa shape index (κ2) is 7.09. The summed E-state index contributed by atoms with van der Waals surface area (Å²) in [5.41, 5.74) is -1.90. The Hall–Kier alpha value is -2.62. The Bertz CT molecular complexity index is 685. The fourth-order valence-corrected chi connectivity index (χ4v) is 2.58. The van der Waals surface area contributed by atoms with Gasteiger partial charge in [0.05, 0.1) is 12.2 Å². The molecular weight excluding hydrogens is 336 g/mol. The van der Waals surface area contributed by atoms with Gasteiger partial charge in [-0.2, -0.15) is 0 Å². The number of aromatic hydroxyl groups is 2. The van der Waals surface area contributed by atoms with Gasteiger partial charge >= 0.3 is 11.9 Å². The molecule has 1 aromatic rings.